The minimum absolute atomic E-state index is 0.0225. The molecule has 0 aromatic heterocycles. The summed E-state index contributed by atoms with van der Waals surface area (Å²) in [5.74, 6) is -3.54. The fourth-order valence-corrected chi connectivity index (χ4v) is 7.98. The molecule has 3 aromatic carbocycles. The quantitative estimate of drug-likeness (QED) is 0.159. The van der Waals surface area contributed by atoms with E-state index in [9.17, 15) is 29.1 Å². The Balaban J connectivity index is 1.34. The van der Waals surface area contributed by atoms with Crippen molar-refractivity contribution in [3.63, 3.8) is 0 Å². The lowest BCUT2D eigenvalue weighted by atomic mass is 9.77. The van der Waals surface area contributed by atoms with Gasteiger partial charge < -0.3 is 29.7 Å². The van der Waals surface area contributed by atoms with E-state index in [0.29, 0.717) is 11.1 Å². The number of esters is 2. The number of benzene rings is 3. The van der Waals surface area contributed by atoms with Gasteiger partial charge in [0.1, 0.15) is 5.76 Å². The maximum absolute atomic E-state index is 14.5. The van der Waals surface area contributed by atoms with Crippen LogP contribution in [0.5, 0.6) is 0 Å². The molecular formula is C46H46N4O8. The number of aliphatic hydroxyl groups excluding tert-OH is 1. The number of nitrogens with one attached hydrogen (secondary N) is 1. The molecule has 2 aliphatic heterocycles. The average molecular weight is 783 g/mol. The molecule has 12 nitrogen and oxygen atoms in total. The standard InChI is InChI=1S/C46H46N4O8/c1-27-23-33(35(25-37(27)49-19-11-12-20-49)47-45(55)43(57-29(3)51)31-15-7-5-8-16-31)39-41(53)40(42(39)54)34-24-28(2)38(50-21-13-14-22-50)26-36(34)48-46(56)44(58-30(4)52)32-17-9-6-10-18-32/h5-10,15-18,23-26,43-44,53H,11-14,19-22H2,1-4H3,(H,47,55)/b40-34-,48-36?. The van der Waals surface area contributed by atoms with Crippen molar-refractivity contribution in [3.8, 4) is 0 Å². The van der Waals surface area contributed by atoms with Crippen LogP contribution in [0.2, 0.25) is 0 Å². The molecule has 2 N–H and O–H groups in total. The minimum Gasteiger partial charge on any atom is -0.506 e. The highest BCUT2D eigenvalue weighted by atomic mass is 16.6. The number of likely N-dealkylation sites (tertiary alicyclic amines) is 1. The number of hydrogen-bond donors (Lipinski definition) is 2. The zero-order chi connectivity index (χ0) is 41.1. The number of aliphatic imine (C=N–C) groups is 1. The smallest absolute Gasteiger partial charge is 0.303 e. The molecule has 0 spiro atoms. The number of ether oxygens (including phenoxy) is 2. The van der Waals surface area contributed by atoms with Crippen LogP contribution >= 0.6 is 0 Å². The molecule has 7 rings (SSSR count). The Labute approximate surface area is 337 Å². The highest BCUT2D eigenvalue weighted by Crippen LogP contribution is 2.45. The summed E-state index contributed by atoms with van der Waals surface area (Å²) in [4.78, 5) is 75.6. The lowest BCUT2D eigenvalue weighted by Gasteiger charge is -2.30. The Hall–Kier alpha value is -6.56. The van der Waals surface area contributed by atoms with Crippen LogP contribution < -0.4 is 10.2 Å². The minimum atomic E-state index is -1.33. The van der Waals surface area contributed by atoms with Gasteiger partial charge in [0.15, 0.2) is 0 Å². The van der Waals surface area contributed by atoms with Crippen LogP contribution in [0, 0.1) is 6.92 Å². The Morgan fingerprint density at radius 2 is 1.29 bits per heavy atom. The average Bonchev–Trinajstić information content (AvgIpc) is 3.95. The first-order valence-electron chi connectivity index (χ1n) is 19.6. The monoisotopic (exact) mass is 782 g/mol. The number of anilines is 2. The molecule has 0 saturated carbocycles. The first-order valence-corrected chi connectivity index (χ1v) is 19.6. The molecule has 0 radical (unpaired) electrons. The molecule has 2 atom stereocenters. The van der Waals surface area contributed by atoms with Crippen LogP contribution in [0.3, 0.4) is 0 Å². The van der Waals surface area contributed by atoms with Gasteiger partial charge in [-0.25, -0.2) is 4.99 Å². The maximum atomic E-state index is 14.5. The number of amides is 2. The van der Waals surface area contributed by atoms with Crippen LogP contribution in [0.1, 0.15) is 80.9 Å². The van der Waals surface area contributed by atoms with Crippen molar-refractivity contribution in [3.05, 3.63) is 135 Å². The zero-order valence-corrected chi connectivity index (χ0v) is 33.0. The second-order valence-corrected chi connectivity index (χ2v) is 14.9. The van der Waals surface area contributed by atoms with Crippen molar-refractivity contribution in [2.24, 2.45) is 4.99 Å². The zero-order valence-electron chi connectivity index (χ0n) is 33.0. The van der Waals surface area contributed by atoms with Gasteiger partial charge in [0, 0.05) is 73.7 Å². The Morgan fingerprint density at radius 3 is 1.86 bits per heavy atom. The maximum Gasteiger partial charge on any atom is 0.303 e. The molecule has 0 bridgehead atoms. The lowest BCUT2D eigenvalue weighted by Crippen LogP contribution is -2.30. The van der Waals surface area contributed by atoms with E-state index in [4.69, 9.17) is 9.47 Å². The van der Waals surface area contributed by atoms with E-state index in [2.05, 4.69) is 20.1 Å². The number of aryl methyl sites for hydroxylation is 1. The number of hydrogen-bond acceptors (Lipinski definition) is 10. The Kier molecular flexibility index (Phi) is 11.6. The molecule has 3 aromatic rings. The fraction of sp³-hybridized carbons (Fsp3) is 0.304. The van der Waals surface area contributed by atoms with Gasteiger partial charge in [-0.2, -0.15) is 0 Å². The molecule has 2 amide bonds. The van der Waals surface area contributed by atoms with E-state index in [0.717, 1.165) is 74.4 Å². The molecule has 4 aliphatic rings. The van der Waals surface area contributed by atoms with Crippen LogP contribution in [-0.4, -0.2) is 71.4 Å². The molecule has 12 heteroatoms. The van der Waals surface area contributed by atoms with E-state index in [1.807, 2.05) is 13.8 Å². The molecule has 2 heterocycles. The predicted octanol–water partition coefficient (Wildman–Crippen LogP) is 7.20. The summed E-state index contributed by atoms with van der Waals surface area (Å²) >= 11 is 0. The van der Waals surface area contributed by atoms with Crippen LogP contribution in [0.4, 0.5) is 11.4 Å². The number of allylic oxidation sites excluding steroid dienone is 6. The topological polar surface area (TPSA) is 155 Å². The number of ketones is 1. The Bertz CT molecular complexity index is 2330. The molecule has 58 heavy (non-hydrogen) atoms. The Morgan fingerprint density at radius 1 is 0.741 bits per heavy atom. The largest absolute Gasteiger partial charge is 0.506 e. The number of rotatable bonds is 10. The first-order chi connectivity index (χ1) is 27.9. The number of Topliss-reactive ketones (excluding diaryl/α,β-unsaturated/α-hetero) is 1. The molecular weight excluding hydrogens is 737 g/mol. The third-order valence-electron chi connectivity index (χ3n) is 10.7. The van der Waals surface area contributed by atoms with Gasteiger partial charge in [-0.15, -0.1) is 0 Å². The van der Waals surface area contributed by atoms with Gasteiger partial charge in [-0.3, -0.25) is 24.0 Å². The second-order valence-electron chi connectivity index (χ2n) is 14.9. The SMILES string of the molecule is CC(=O)OC(C(=O)N=C1C=C(N2CCCC2)C(C)=C/C1=C1/C(=O)C(c2cc(C)c(N3CCCC3)cc2NC(=O)C(OC(C)=O)c2ccccc2)=C1O)c1ccccc1. The first kappa shape index (κ1) is 39.7. The van der Waals surface area contributed by atoms with Gasteiger partial charge in [-0.1, -0.05) is 60.7 Å². The molecule has 2 saturated heterocycles. The van der Waals surface area contributed by atoms with E-state index < -0.39 is 41.7 Å². The van der Waals surface area contributed by atoms with Crippen molar-refractivity contribution in [2.75, 3.05) is 36.4 Å². The highest BCUT2D eigenvalue weighted by molar-refractivity contribution is 6.42. The number of nitrogens with zero attached hydrogens (tertiary/aromatic N) is 3. The molecule has 2 aliphatic carbocycles. The van der Waals surface area contributed by atoms with Crippen molar-refractivity contribution in [1.29, 1.82) is 0 Å². The van der Waals surface area contributed by atoms with Crippen molar-refractivity contribution in [1.82, 2.24) is 4.90 Å². The molecule has 298 valence electrons. The summed E-state index contributed by atoms with van der Waals surface area (Å²) in [6, 6.07) is 20.8. The molecule has 2 fully saturated rings. The van der Waals surface area contributed by atoms with E-state index in [1.54, 1.807) is 84.9 Å². The van der Waals surface area contributed by atoms with E-state index in [1.165, 1.54) is 13.8 Å². The van der Waals surface area contributed by atoms with Crippen molar-refractivity contribution < 1.29 is 38.6 Å². The summed E-state index contributed by atoms with van der Waals surface area (Å²) in [7, 11) is 0. The van der Waals surface area contributed by atoms with Crippen LogP contribution in [-0.2, 0) is 33.4 Å². The van der Waals surface area contributed by atoms with E-state index >= 15 is 0 Å². The van der Waals surface area contributed by atoms with E-state index in [-0.39, 0.29) is 39.4 Å². The van der Waals surface area contributed by atoms with Crippen LogP contribution in [0.25, 0.3) is 5.57 Å². The van der Waals surface area contributed by atoms with Crippen LogP contribution in [0.15, 0.2) is 118 Å². The van der Waals surface area contributed by atoms with Gasteiger partial charge in [0.2, 0.25) is 18.0 Å². The van der Waals surface area contributed by atoms with Gasteiger partial charge in [0.05, 0.1) is 22.5 Å². The summed E-state index contributed by atoms with van der Waals surface area (Å²) < 4.78 is 10.9. The summed E-state index contributed by atoms with van der Waals surface area (Å²) in [6.07, 6.45) is 4.89. The third-order valence-corrected chi connectivity index (χ3v) is 10.7. The lowest BCUT2D eigenvalue weighted by molar-refractivity contribution is -0.153. The third kappa shape index (κ3) is 8.13. The highest BCUT2D eigenvalue weighted by Gasteiger charge is 2.41. The normalized spacial score (nSPS) is 19.7. The summed E-state index contributed by atoms with van der Waals surface area (Å²) in [6.45, 7) is 9.51. The van der Waals surface area contributed by atoms with Crippen molar-refractivity contribution in [2.45, 2.75) is 65.6 Å². The second kappa shape index (κ2) is 16.9. The fourth-order valence-electron chi connectivity index (χ4n) is 7.98. The van der Waals surface area contributed by atoms with Gasteiger partial charge in [0.25, 0.3) is 11.8 Å². The predicted molar refractivity (Wildman–Crippen MR) is 220 cm³/mol. The molecule has 2 unspecified atom stereocenters. The van der Waals surface area contributed by atoms with Gasteiger partial charge >= 0.3 is 11.9 Å². The number of carbonyl (C=O) groups excluding carboxylic acids is 5. The number of aliphatic hydroxyl groups is 1. The van der Waals surface area contributed by atoms with Crippen molar-refractivity contribution >= 4 is 52.2 Å². The summed E-state index contributed by atoms with van der Waals surface area (Å²) in [5, 5.41) is 14.9. The van der Waals surface area contributed by atoms with Gasteiger partial charge in [-0.05, 0) is 75.0 Å². The summed E-state index contributed by atoms with van der Waals surface area (Å²) in [5.41, 5.74) is 5.11. The number of carbonyl (C=O) groups is 5.